The SMILES string of the molecule is CCN1c2ccc(-c3cncn3CCc3c(C)nn(C)c3C)cc2C[C@H]1C. The third kappa shape index (κ3) is 3.05. The van der Waals surface area contributed by atoms with Crippen molar-refractivity contribution in [3.63, 3.8) is 0 Å². The van der Waals surface area contributed by atoms with E-state index in [1.807, 2.05) is 24.3 Å². The van der Waals surface area contributed by atoms with Crippen LogP contribution < -0.4 is 4.90 Å². The summed E-state index contributed by atoms with van der Waals surface area (Å²) in [5.74, 6) is 0. The van der Waals surface area contributed by atoms with Crippen molar-refractivity contribution in [3.05, 3.63) is 53.2 Å². The number of likely N-dealkylation sites (N-methyl/N-ethyl adjacent to an activating group) is 1. The summed E-state index contributed by atoms with van der Waals surface area (Å²) in [4.78, 5) is 6.92. The molecule has 27 heavy (non-hydrogen) atoms. The summed E-state index contributed by atoms with van der Waals surface area (Å²) in [6.45, 7) is 10.8. The van der Waals surface area contributed by atoms with Gasteiger partial charge in [-0.2, -0.15) is 5.10 Å². The van der Waals surface area contributed by atoms with E-state index in [1.165, 1.54) is 33.8 Å². The highest BCUT2D eigenvalue weighted by molar-refractivity contribution is 5.69. The van der Waals surface area contributed by atoms with Crippen LogP contribution in [0, 0.1) is 13.8 Å². The minimum absolute atomic E-state index is 0.585. The molecular formula is C22H29N5. The summed E-state index contributed by atoms with van der Waals surface area (Å²) in [5.41, 5.74) is 9.02. The first-order valence-corrected chi connectivity index (χ1v) is 9.88. The van der Waals surface area contributed by atoms with Gasteiger partial charge in [0, 0.05) is 43.1 Å². The van der Waals surface area contributed by atoms with Crippen molar-refractivity contribution < 1.29 is 0 Å². The lowest BCUT2D eigenvalue weighted by atomic mass is 10.0. The Morgan fingerprint density at radius 3 is 2.74 bits per heavy atom. The molecule has 0 bridgehead atoms. The predicted molar refractivity (Wildman–Crippen MR) is 110 cm³/mol. The highest BCUT2D eigenvalue weighted by Crippen LogP contribution is 2.35. The van der Waals surface area contributed by atoms with Gasteiger partial charge in [0.25, 0.3) is 0 Å². The van der Waals surface area contributed by atoms with Gasteiger partial charge in [0.15, 0.2) is 0 Å². The molecule has 0 saturated heterocycles. The van der Waals surface area contributed by atoms with E-state index in [4.69, 9.17) is 0 Å². The van der Waals surface area contributed by atoms with Crippen LogP contribution in [0.5, 0.6) is 0 Å². The van der Waals surface area contributed by atoms with Crippen LogP contribution in [-0.4, -0.2) is 31.9 Å². The van der Waals surface area contributed by atoms with Crippen LogP contribution in [0.25, 0.3) is 11.3 Å². The topological polar surface area (TPSA) is 38.9 Å². The van der Waals surface area contributed by atoms with Crippen molar-refractivity contribution in [2.45, 2.75) is 53.1 Å². The highest BCUT2D eigenvalue weighted by atomic mass is 15.3. The van der Waals surface area contributed by atoms with Gasteiger partial charge in [-0.3, -0.25) is 4.68 Å². The van der Waals surface area contributed by atoms with Crippen molar-refractivity contribution in [3.8, 4) is 11.3 Å². The molecule has 1 aromatic carbocycles. The molecule has 0 spiro atoms. The summed E-state index contributed by atoms with van der Waals surface area (Å²) in [6, 6.07) is 7.47. The Morgan fingerprint density at radius 2 is 2.04 bits per heavy atom. The van der Waals surface area contributed by atoms with E-state index in [0.29, 0.717) is 6.04 Å². The van der Waals surface area contributed by atoms with Crippen molar-refractivity contribution in [1.29, 1.82) is 0 Å². The summed E-state index contributed by atoms with van der Waals surface area (Å²) in [7, 11) is 2.01. The predicted octanol–water partition coefficient (Wildman–Crippen LogP) is 3.91. The summed E-state index contributed by atoms with van der Waals surface area (Å²) in [6.07, 6.45) is 6.03. The standard InChI is InChI=1S/C22H29N5/c1-6-27-15(2)11-19-12-18(7-8-21(19)27)22-13-23-14-26(22)10-9-20-16(3)24-25(5)17(20)4/h7-8,12-15H,6,9-11H2,1-5H3/t15-/m1/s1. The molecule has 0 aliphatic carbocycles. The average Bonchev–Trinajstić information content (AvgIpc) is 3.29. The fourth-order valence-corrected chi connectivity index (χ4v) is 4.49. The Hall–Kier alpha value is -2.56. The maximum Gasteiger partial charge on any atom is 0.0951 e. The summed E-state index contributed by atoms with van der Waals surface area (Å²) in [5, 5.41) is 4.54. The number of fused-ring (bicyclic) bond motifs is 1. The Kier molecular flexibility index (Phi) is 4.54. The molecular weight excluding hydrogens is 334 g/mol. The first kappa shape index (κ1) is 17.8. The fraction of sp³-hybridized carbons (Fsp3) is 0.455. The fourth-order valence-electron chi connectivity index (χ4n) is 4.49. The first-order chi connectivity index (χ1) is 13.0. The van der Waals surface area contributed by atoms with Crippen LogP contribution in [0.15, 0.2) is 30.7 Å². The molecule has 3 heterocycles. The number of aromatic nitrogens is 4. The minimum Gasteiger partial charge on any atom is -0.369 e. The number of anilines is 1. The van der Waals surface area contributed by atoms with Crippen LogP contribution in [0.1, 0.15) is 36.4 Å². The zero-order valence-corrected chi connectivity index (χ0v) is 17.0. The molecule has 1 aliphatic rings. The quantitative estimate of drug-likeness (QED) is 0.690. The van der Waals surface area contributed by atoms with Gasteiger partial charge in [-0.1, -0.05) is 6.07 Å². The number of rotatable bonds is 5. The lowest BCUT2D eigenvalue weighted by Gasteiger charge is -2.22. The van der Waals surface area contributed by atoms with E-state index in [2.05, 4.69) is 65.4 Å². The molecule has 0 radical (unpaired) electrons. The lowest BCUT2D eigenvalue weighted by Crippen LogP contribution is -2.28. The molecule has 5 nitrogen and oxygen atoms in total. The van der Waals surface area contributed by atoms with E-state index in [9.17, 15) is 0 Å². The maximum atomic E-state index is 4.54. The second-order valence-corrected chi connectivity index (χ2v) is 7.68. The van der Waals surface area contributed by atoms with Crippen LogP contribution in [-0.2, 0) is 26.4 Å². The Morgan fingerprint density at radius 1 is 1.22 bits per heavy atom. The van der Waals surface area contributed by atoms with Gasteiger partial charge in [0.05, 0.1) is 23.9 Å². The van der Waals surface area contributed by atoms with Gasteiger partial charge < -0.3 is 9.47 Å². The third-order valence-corrected chi connectivity index (χ3v) is 6.05. The van der Waals surface area contributed by atoms with Crippen LogP contribution >= 0.6 is 0 Å². The van der Waals surface area contributed by atoms with Gasteiger partial charge in [0.1, 0.15) is 0 Å². The number of aryl methyl sites for hydroxylation is 3. The van der Waals surface area contributed by atoms with Gasteiger partial charge in [-0.05, 0) is 63.8 Å². The third-order valence-electron chi connectivity index (χ3n) is 6.05. The molecule has 5 heteroatoms. The number of hydrogen-bond donors (Lipinski definition) is 0. The molecule has 1 aliphatic heterocycles. The lowest BCUT2D eigenvalue weighted by molar-refractivity contribution is 0.690. The molecule has 2 aromatic heterocycles. The van der Waals surface area contributed by atoms with E-state index in [1.54, 1.807) is 0 Å². The molecule has 0 fully saturated rings. The molecule has 0 unspecified atom stereocenters. The van der Waals surface area contributed by atoms with Crippen LogP contribution in [0.3, 0.4) is 0 Å². The number of hydrogen-bond acceptors (Lipinski definition) is 3. The summed E-state index contributed by atoms with van der Waals surface area (Å²) < 4.78 is 4.24. The van der Waals surface area contributed by atoms with Gasteiger partial charge in [-0.15, -0.1) is 0 Å². The van der Waals surface area contributed by atoms with E-state index in [-0.39, 0.29) is 0 Å². The number of imidazole rings is 1. The molecule has 142 valence electrons. The maximum absolute atomic E-state index is 4.54. The second-order valence-electron chi connectivity index (χ2n) is 7.68. The van der Waals surface area contributed by atoms with Crippen LogP contribution in [0.2, 0.25) is 0 Å². The first-order valence-electron chi connectivity index (χ1n) is 9.88. The largest absolute Gasteiger partial charge is 0.369 e. The van der Waals surface area contributed by atoms with Crippen molar-refractivity contribution in [2.75, 3.05) is 11.4 Å². The molecule has 3 aromatic rings. The van der Waals surface area contributed by atoms with Gasteiger partial charge >= 0.3 is 0 Å². The Labute approximate surface area is 161 Å². The van der Waals surface area contributed by atoms with E-state index >= 15 is 0 Å². The highest BCUT2D eigenvalue weighted by Gasteiger charge is 2.25. The molecule has 0 amide bonds. The Bertz CT molecular complexity index is 965. The van der Waals surface area contributed by atoms with E-state index in [0.717, 1.165) is 31.6 Å². The normalized spacial score (nSPS) is 16.2. The van der Waals surface area contributed by atoms with E-state index < -0.39 is 0 Å². The van der Waals surface area contributed by atoms with Crippen molar-refractivity contribution >= 4 is 5.69 Å². The molecule has 1 atom stereocenters. The zero-order valence-electron chi connectivity index (χ0n) is 17.0. The number of benzene rings is 1. The Balaban J connectivity index is 1.59. The van der Waals surface area contributed by atoms with Crippen molar-refractivity contribution in [1.82, 2.24) is 19.3 Å². The van der Waals surface area contributed by atoms with Gasteiger partial charge in [0.2, 0.25) is 0 Å². The monoisotopic (exact) mass is 363 g/mol. The molecule has 0 N–H and O–H groups in total. The second kappa shape index (κ2) is 6.87. The molecule has 0 saturated carbocycles. The van der Waals surface area contributed by atoms with Crippen molar-refractivity contribution in [2.24, 2.45) is 7.05 Å². The summed E-state index contributed by atoms with van der Waals surface area (Å²) >= 11 is 0. The van der Waals surface area contributed by atoms with Crippen LogP contribution in [0.4, 0.5) is 5.69 Å². The smallest absolute Gasteiger partial charge is 0.0951 e. The van der Waals surface area contributed by atoms with Gasteiger partial charge in [-0.25, -0.2) is 4.98 Å². The minimum atomic E-state index is 0.585. The molecule has 4 rings (SSSR count). The zero-order chi connectivity index (χ0) is 19.1. The number of nitrogens with zero attached hydrogens (tertiary/aromatic N) is 5. The average molecular weight is 364 g/mol.